The Bertz CT molecular complexity index is 769. The van der Waals surface area contributed by atoms with Crippen molar-refractivity contribution in [3.8, 4) is 0 Å². The number of fused-ring (bicyclic) bond motifs is 1. The van der Waals surface area contributed by atoms with E-state index in [1.807, 2.05) is 5.32 Å². The van der Waals surface area contributed by atoms with Gasteiger partial charge in [-0.3, -0.25) is 14.4 Å². The molecule has 0 spiro atoms. The lowest BCUT2D eigenvalue weighted by Crippen LogP contribution is -2.42. The fraction of sp³-hybridized carbons (Fsp3) is 0.267. The first kappa shape index (κ1) is 17.0. The number of ketones is 1. The van der Waals surface area contributed by atoms with E-state index < -0.39 is 46.8 Å². The molecule has 1 aromatic rings. The van der Waals surface area contributed by atoms with Crippen molar-refractivity contribution in [3.05, 3.63) is 39.7 Å². The summed E-state index contributed by atoms with van der Waals surface area (Å²) in [4.78, 5) is 35.1. The molecule has 0 saturated carbocycles. The van der Waals surface area contributed by atoms with Crippen molar-refractivity contribution in [3.63, 3.8) is 0 Å². The van der Waals surface area contributed by atoms with Crippen molar-refractivity contribution in [2.45, 2.75) is 19.3 Å². The van der Waals surface area contributed by atoms with Crippen LogP contribution in [-0.4, -0.2) is 34.4 Å². The third-order valence-electron chi connectivity index (χ3n) is 3.63. The van der Waals surface area contributed by atoms with Gasteiger partial charge < -0.3 is 15.5 Å². The summed E-state index contributed by atoms with van der Waals surface area (Å²) < 4.78 is 14.3. The summed E-state index contributed by atoms with van der Waals surface area (Å²) in [5.74, 6) is -4.73. The first-order chi connectivity index (χ1) is 10.6. The third kappa shape index (κ3) is 2.68. The van der Waals surface area contributed by atoms with Gasteiger partial charge in [-0.25, -0.2) is 4.39 Å². The van der Waals surface area contributed by atoms with Crippen LogP contribution in [0.1, 0.15) is 25.0 Å². The van der Waals surface area contributed by atoms with E-state index in [0.717, 1.165) is 0 Å². The van der Waals surface area contributed by atoms with Crippen LogP contribution in [0.15, 0.2) is 17.7 Å². The van der Waals surface area contributed by atoms with Crippen LogP contribution in [0.2, 0.25) is 5.02 Å². The number of aliphatic hydroxyl groups is 1. The Labute approximate surface area is 135 Å². The number of aliphatic hydroxyl groups excluding tert-OH is 1. The van der Waals surface area contributed by atoms with E-state index in [-0.39, 0.29) is 16.1 Å². The number of amides is 1. The molecule has 1 aliphatic rings. The van der Waals surface area contributed by atoms with Crippen LogP contribution < -0.4 is 5.32 Å². The van der Waals surface area contributed by atoms with Gasteiger partial charge in [-0.15, -0.1) is 0 Å². The van der Waals surface area contributed by atoms with Crippen LogP contribution in [0.4, 0.5) is 4.39 Å². The minimum atomic E-state index is -1.45. The molecule has 0 radical (unpaired) electrons. The number of nitrogens with one attached hydrogen (secondary N) is 1. The standard InChI is InChI=1S/C15H13ClFNO5/c1-15(2)10-6(3-4-7(16)11(10)17)12(21)9(13(15)22)14(23)18-5-8(19)20/h3-4,21H,5H2,1-2H3,(H,18,23)(H,19,20). The van der Waals surface area contributed by atoms with Gasteiger partial charge in [-0.2, -0.15) is 0 Å². The van der Waals surface area contributed by atoms with Gasteiger partial charge in [0.05, 0.1) is 10.4 Å². The molecule has 23 heavy (non-hydrogen) atoms. The number of carbonyl (C=O) groups is 3. The number of carboxylic acid groups (broad SMARTS) is 1. The summed E-state index contributed by atoms with van der Waals surface area (Å²) in [7, 11) is 0. The molecule has 0 aromatic heterocycles. The van der Waals surface area contributed by atoms with Gasteiger partial charge >= 0.3 is 5.97 Å². The second-order valence-electron chi connectivity index (χ2n) is 5.54. The fourth-order valence-electron chi connectivity index (χ4n) is 2.48. The summed E-state index contributed by atoms with van der Waals surface area (Å²) in [5.41, 5.74) is -2.20. The van der Waals surface area contributed by atoms with Gasteiger partial charge in [0.1, 0.15) is 23.7 Å². The third-order valence-corrected chi connectivity index (χ3v) is 3.93. The Morgan fingerprint density at radius 1 is 1.35 bits per heavy atom. The van der Waals surface area contributed by atoms with Crippen LogP contribution in [0.25, 0.3) is 5.76 Å². The molecule has 2 rings (SSSR count). The Hall–Kier alpha value is -2.41. The van der Waals surface area contributed by atoms with E-state index in [1.165, 1.54) is 26.0 Å². The highest BCUT2D eigenvalue weighted by Crippen LogP contribution is 2.42. The maximum absolute atomic E-state index is 14.3. The molecule has 0 bridgehead atoms. The molecular formula is C15H13ClFNO5. The molecule has 1 aliphatic carbocycles. The predicted octanol–water partition coefficient (Wildman–Crippen LogP) is 1.81. The average Bonchev–Trinajstić information content (AvgIpc) is 2.46. The number of carbonyl (C=O) groups excluding carboxylic acids is 2. The number of hydrogen-bond donors (Lipinski definition) is 3. The first-order valence-electron chi connectivity index (χ1n) is 6.56. The average molecular weight is 342 g/mol. The van der Waals surface area contributed by atoms with Crippen molar-refractivity contribution < 1.29 is 29.0 Å². The molecule has 6 nitrogen and oxygen atoms in total. The molecule has 8 heteroatoms. The highest BCUT2D eigenvalue weighted by Gasteiger charge is 2.45. The van der Waals surface area contributed by atoms with E-state index >= 15 is 0 Å². The van der Waals surface area contributed by atoms with E-state index in [9.17, 15) is 23.9 Å². The molecule has 1 aromatic carbocycles. The van der Waals surface area contributed by atoms with E-state index in [0.29, 0.717) is 0 Å². The van der Waals surface area contributed by atoms with Crippen molar-refractivity contribution in [1.82, 2.24) is 5.32 Å². The smallest absolute Gasteiger partial charge is 0.322 e. The van der Waals surface area contributed by atoms with Gasteiger partial charge in [0, 0.05) is 11.1 Å². The lowest BCUT2D eigenvalue weighted by molar-refractivity contribution is -0.138. The van der Waals surface area contributed by atoms with Crippen LogP contribution in [0, 0.1) is 5.82 Å². The Morgan fingerprint density at radius 2 is 1.96 bits per heavy atom. The largest absolute Gasteiger partial charge is 0.506 e. The van der Waals surface area contributed by atoms with Gasteiger partial charge in [-0.1, -0.05) is 11.6 Å². The number of halogens is 2. The molecule has 1 amide bonds. The normalized spacial score (nSPS) is 16.1. The number of aliphatic carboxylic acids is 1. The fourth-order valence-corrected chi connectivity index (χ4v) is 2.64. The molecule has 0 unspecified atom stereocenters. The van der Waals surface area contributed by atoms with E-state index in [1.54, 1.807) is 0 Å². The van der Waals surface area contributed by atoms with E-state index in [2.05, 4.69) is 0 Å². The summed E-state index contributed by atoms with van der Waals surface area (Å²) >= 11 is 5.72. The summed E-state index contributed by atoms with van der Waals surface area (Å²) in [5, 5.41) is 20.6. The van der Waals surface area contributed by atoms with Crippen LogP contribution >= 0.6 is 11.6 Å². The van der Waals surface area contributed by atoms with Crippen molar-refractivity contribution >= 4 is 35.0 Å². The van der Waals surface area contributed by atoms with Crippen LogP contribution in [0.3, 0.4) is 0 Å². The van der Waals surface area contributed by atoms with Gasteiger partial charge in [0.2, 0.25) is 0 Å². The Balaban J connectivity index is 2.64. The second kappa shape index (κ2) is 5.66. The van der Waals surface area contributed by atoms with Gasteiger partial charge in [0.15, 0.2) is 5.78 Å². The topological polar surface area (TPSA) is 104 Å². The van der Waals surface area contributed by atoms with Gasteiger partial charge in [0.25, 0.3) is 5.91 Å². The molecule has 0 fully saturated rings. The molecule has 0 heterocycles. The number of benzene rings is 1. The maximum Gasteiger partial charge on any atom is 0.322 e. The van der Waals surface area contributed by atoms with Crippen molar-refractivity contribution in [2.24, 2.45) is 0 Å². The Morgan fingerprint density at radius 3 is 2.52 bits per heavy atom. The molecule has 0 atom stereocenters. The number of carboxylic acids is 1. The summed E-state index contributed by atoms with van der Waals surface area (Å²) in [6.07, 6.45) is 0. The minimum Gasteiger partial charge on any atom is -0.506 e. The van der Waals surface area contributed by atoms with E-state index in [4.69, 9.17) is 16.7 Å². The quantitative estimate of drug-likeness (QED) is 0.727. The monoisotopic (exact) mass is 341 g/mol. The first-order valence-corrected chi connectivity index (χ1v) is 6.93. The van der Waals surface area contributed by atoms with Crippen LogP contribution in [0.5, 0.6) is 0 Å². The Kier molecular flexibility index (Phi) is 4.17. The van der Waals surface area contributed by atoms with Crippen LogP contribution in [-0.2, 0) is 19.8 Å². The minimum absolute atomic E-state index is 0.0306. The number of Topliss-reactive ketones (excluding diaryl/α,β-unsaturated/α-hetero) is 1. The van der Waals surface area contributed by atoms with Crippen molar-refractivity contribution in [2.75, 3.05) is 6.54 Å². The number of hydrogen-bond acceptors (Lipinski definition) is 4. The lowest BCUT2D eigenvalue weighted by atomic mass is 9.70. The van der Waals surface area contributed by atoms with Crippen molar-refractivity contribution in [1.29, 1.82) is 0 Å². The van der Waals surface area contributed by atoms with Gasteiger partial charge in [-0.05, 0) is 26.0 Å². The summed E-state index contributed by atoms with van der Waals surface area (Å²) in [6.45, 7) is 2.07. The SMILES string of the molecule is CC1(C)C(=O)C(C(=O)NCC(=O)O)=C(O)c2ccc(Cl)c(F)c21. The molecule has 3 N–H and O–H groups in total. The number of rotatable bonds is 3. The predicted molar refractivity (Wildman–Crippen MR) is 79.6 cm³/mol. The molecular weight excluding hydrogens is 329 g/mol. The highest BCUT2D eigenvalue weighted by atomic mass is 35.5. The second-order valence-corrected chi connectivity index (χ2v) is 5.95. The highest BCUT2D eigenvalue weighted by molar-refractivity contribution is 6.32. The molecule has 0 saturated heterocycles. The maximum atomic E-state index is 14.3. The summed E-state index contributed by atoms with van der Waals surface area (Å²) in [6, 6.07) is 2.50. The zero-order valence-corrected chi connectivity index (χ0v) is 13.0. The zero-order chi connectivity index (χ0) is 17.5. The zero-order valence-electron chi connectivity index (χ0n) is 12.2. The molecule has 0 aliphatic heterocycles. The lowest BCUT2D eigenvalue weighted by Gasteiger charge is -2.32. The molecule has 122 valence electrons.